The lowest BCUT2D eigenvalue weighted by atomic mass is 9.93. The molecule has 1 saturated heterocycles. The van der Waals surface area contributed by atoms with E-state index in [9.17, 15) is 22.8 Å². The fourth-order valence-corrected chi connectivity index (χ4v) is 2.52. The number of piperidine rings is 1. The summed E-state index contributed by atoms with van der Waals surface area (Å²) in [6, 6.07) is 6.51. The second-order valence-corrected chi connectivity index (χ2v) is 5.36. The van der Waals surface area contributed by atoms with Gasteiger partial charge in [-0.3, -0.25) is 9.69 Å². The maximum Gasteiger partial charge on any atom is 0.410 e. The van der Waals surface area contributed by atoms with Crippen LogP contribution in [-0.2, 0) is 16.1 Å². The summed E-state index contributed by atoms with van der Waals surface area (Å²) >= 11 is 0. The molecule has 23 heavy (non-hydrogen) atoms. The zero-order valence-electron chi connectivity index (χ0n) is 12.1. The summed E-state index contributed by atoms with van der Waals surface area (Å²) in [5, 5.41) is 8.97. The Bertz CT molecular complexity index is 562. The van der Waals surface area contributed by atoms with Crippen LogP contribution in [0.25, 0.3) is 0 Å². The van der Waals surface area contributed by atoms with E-state index in [1.54, 1.807) is 30.3 Å². The average Bonchev–Trinajstić information content (AvgIpc) is 2.52. The van der Waals surface area contributed by atoms with Gasteiger partial charge in [0.15, 0.2) is 0 Å². The van der Waals surface area contributed by atoms with Gasteiger partial charge >= 0.3 is 18.2 Å². The number of carboxylic acids is 1. The van der Waals surface area contributed by atoms with Crippen LogP contribution in [0.2, 0.25) is 0 Å². The van der Waals surface area contributed by atoms with E-state index in [4.69, 9.17) is 9.84 Å². The highest BCUT2D eigenvalue weighted by Crippen LogP contribution is 2.34. The molecule has 126 valence electrons. The van der Waals surface area contributed by atoms with E-state index >= 15 is 0 Å². The van der Waals surface area contributed by atoms with Gasteiger partial charge in [0.1, 0.15) is 12.6 Å². The summed E-state index contributed by atoms with van der Waals surface area (Å²) in [5.74, 6) is -2.23. The number of hydrogen-bond donors (Lipinski definition) is 1. The van der Waals surface area contributed by atoms with Crippen molar-refractivity contribution in [1.29, 1.82) is 0 Å². The Morgan fingerprint density at radius 2 is 1.87 bits per heavy atom. The van der Waals surface area contributed by atoms with Crippen molar-refractivity contribution in [3.8, 4) is 0 Å². The number of carbonyl (C=O) groups is 2. The van der Waals surface area contributed by atoms with Crippen molar-refractivity contribution < 1.29 is 32.6 Å². The molecule has 2 rings (SSSR count). The molecule has 1 aliphatic rings. The molecule has 1 aromatic rings. The Morgan fingerprint density at radius 3 is 2.43 bits per heavy atom. The fraction of sp³-hybridized carbons (Fsp3) is 0.467. The number of nitrogens with zero attached hydrogens (tertiary/aromatic N) is 1. The van der Waals surface area contributed by atoms with Crippen molar-refractivity contribution in [2.45, 2.75) is 31.7 Å². The highest BCUT2D eigenvalue weighted by atomic mass is 19.4. The van der Waals surface area contributed by atoms with Crippen molar-refractivity contribution in [2.75, 3.05) is 6.54 Å². The van der Waals surface area contributed by atoms with Gasteiger partial charge in [-0.1, -0.05) is 30.3 Å². The Balaban J connectivity index is 2.07. The van der Waals surface area contributed by atoms with Gasteiger partial charge in [-0.15, -0.1) is 0 Å². The van der Waals surface area contributed by atoms with Crippen LogP contribution < -0.4 is 0 Å². The number of alkyl halides is 3. The van der Waals surface area contributed by atoms with Crippen molar-refractivity contribution in [2.24, 2.45) is 5.92 Å². The Hall–Kier alpha value is -2.25. The lowest BCUT2D eigenvalue weighted by Gasteiger charge is -2.38. The van der Waals surface area contributed by atoms with E-state index in [-0.39, 0.29) is 13.0 Å². The third-order valence-electron chi connectivity index (χ3n) is 3.75. The number of ether oxygens (including phenoxy) is 1. The number of hydrogen-bond acceptors (Lipinski definition) is 3. The van der Waals surface area contributed by atoms with Crippen LogP contribution in [0.3, 0.4) is 0 Å². The summed E-state index contributed by atoms with van der Waals surface area (Å²) in [7, 11) is 0. The lowest BCUT2D eigenvalue weighted by molar-refractivity contribution is -0.191. The third kappa shape index (κ3) is 4.37. The van der Waals surface area contributed by atoms with Crippen LogP contribution in [0, 0.1) is 5.92 Å². The van der Waals surface area contributed by atoms with Gasteiger partial charge in [-0.2, -0.15) is 13.2 Å². The molecule has 0 bridgehead atoms. The Labute approximate surface area is 130 Å². The molecule has 1 amide bonds. The molecular formula is C15H16F3NO4. The van der Waals surface area contributed by atoms with Gasteiger partial charge in [-0.25, -0.2) is 4.79 Å². The summed E-state index contributed by atoms with van der Waals surface area (Å²) < 4.78 is 44.1. The summed E-state index contributed by atoms with van der Waals surface area (Å²) in [6.07, 6.45) is -6.33. The summed E-state index contributed by atoms with van der Waals surface area (Å²) in [4.78, 5) is 23.5. The van der Waals surface area contributed by atoms with Crippen molar-refractivity contribution in [3.05, 3.63) is 35.9 Å². The maximum absolute atomic E-state index is 13.0. The topological polar surface area (TPSA) is 66.8 Å². The standard InChI is InChI=1S/C15H16F3NO4/c16-15(17,18)12-7-6-11(13(20)21)8-19(12)14(22)23-9-10-4-2-1-3-5-10/h1-5,11-12H,6-9H2,(H,20,21)/t11-,12-/m0/s1. The van der Waals surface area contributed by atoms with Crippen LogP contribution in [0.5, 0.6) is 0 Å². The zero-order valence-corrected chi connectivity index (χ0v) is 12.1. The SMILES string of the molecule is O=C(O)[C@H]1CC[C@@H](C(F)(F)F)N(C(=O)OCc2ccccc2)C1. The normalized spacial score (nSPS) is 21.8. The number of likely N-dealkylation sites (tertiary alicyclic amines) is 1. The second-order valence-electron chi connectivity index (χ2n) is 5.36. The van der Waals surface area contributed by atoms with E-state index in [0.29, 0.717) is 10.5 Å². The van der Waals surface area contributed by atoms with E-state index in [0.717, 1.165) is 0 Å². The molecule has 1 heterocycles. The molecule has 0 spiro atoms. The molecule has 8 heteroatoms. The molecule has 1 N–H and O–H groups in total. The van der Waals surface area contributed by atoms with Crippen LogP contribution in [0.15, 0.2) is 30.3 Å². The predicted octanol–water partition coefficient (Wildman–Crippen LogP) is 3.05. The minimum atomic E-state index is -4.62. The van der Waals surface area contributed by atoms with Gasteiger partial charge in [0.05, 0.1) is 5.92 Å². The number of amides is 1. The van der Waals surface area contributed by atoms with Crippen LogP contribution in [0.1, 0.15) is 18.4 Å². The summed E-state index contributed by atoms with van der Waals surface area (Å²) in [6.45, 7) is -0.675. The quantitative estimate of drug-likeness (QED) is 0.924. The van der Waals surface area contributed by atoms with Gasteiger partial charge in [-0.05, 0) is 18.4 Å². The third-order valence-corrected chi connectivity index (χ3v) is 3.75. The average molecular weight is 331 g/mol. The largest absolute Gasteiger partial charge is 0.481 e. The summed E-state index contributed by atoms with van der Waals surface area (Å²) in [5.41, 5.74) is 0.635. The van der Waals surface area contributed by atoms with E-state index in [1.165, 1.54) is 0 Å². The Kier molecular flexibility index (Phi) is 5.12. The first kappa shape index (κ1) is 17.1. The number of halogens is 3. The molecule has 1 fully saturated rings. The molecule has 0 aromatic heterocycles. The number of aliphatic carboxylic acids is 1. The van der Waals surface area contributed by atoms with Gasteiger partial charge in [0.2, 0.25) is 0 Å². The highest BCUT2D eigenvalue weighted by Gasteiger charge is 2.49. The molecule has 0 radical (unpaired) electrons. The van der Waals surface area contributed by atoms with Crippen LogP contribution in [-0.4, -0.2) is 40.8 Å². The molecule has 1 aliphatic heterocycles. The lowest BCUT2D eigenvalue weighted by Crippen LogP contribution is -2.54. The number of rotatable bonds is 3. The number of carboxylic acid groups (broad SMARTS) is 1. The van der Waals surface area contributed by atoms with Crippen molar-refractivity contribution in [3.63, 3.8) is 0 Å². The molecule has 0 unspecified atom stereocenters. The minimum absolute atomic E-state index is 0.123. The van der Waals surface area contributed by atoms with Gasteiger partial charge in [0, 0.05) is 6.54 Å². The fourth-order valence-electron chi connectivity index (χ4n) is 2.52. The number of benzene rings is 1. The van der Waals surface area contributed by atoms with Crippen LogP contribution >= 0.6 is 0 Å². The molecule has 5 nitrogen and oxygen atoms in total. The van der Waals surface area contributed by atoms with E-state index in [1.807, 2.05) is 0 Å². The first-order valence-corrected chi connectivity index (χ1v) is 7.06. The minimum Gasteiger partial charge on any atom is -0.481 e. The van der Waals surface area contributed by atoms with E-state index < -0.39 is 43.2 Å². The first-order chi connectivity index (χ1) is 10.8. The van der Waals surface area contributed by atoms with Crippen molar-refractivity contribution in [1.82, 2.24) is 4.90 Å². The molecular weight excluding hydrogens is 315 g/mol. The molecule has 2 atom stereocenters. The Morgan fingerprint density at radius 1 is 1.22 bits per heavy atom. The monoisotopic (exact) mass is 331 g/mol. The molecule has 1 aromatic carbocycles. The second kappa shape index (κ2) is 6.89. The number of carbonyl (C=O) groups excluding carboxylic acids is 1. The highest BCUT2D eigenvalue weighted by molar-refractivity contribution is 5.73. The maximum atomic E-state index is 13.0. The van der Waals surface area contributed by atoms with E-state index in [2.05, 4.69) is 0 Å². The van der Waals surface area contributed by atoms with Crippen molar-refractivity contribution >= 4 is 12.1 Å². The first-order valence-electron chi connectivity index (χ1n) is 7.06. The van der Waals surface area contributed by atoms with Gasteiger partial charge in [0.25, 0.3) is 0 Å². The zero-order chi connectivity index (χ0) is 17.0. The smallest absolute Gasteiger partial charge is 0.410 e. The molecule has 0 aliphatic carbocycles. The van der Waals surface area contributed by atoms with Gasteiger partial charge < -0.3 is 9.84 Å². The predicted molar refractivity (Wildman–Crippen MR) is 73.5 cm³/mol. The molecule has 0 saturated carbocycles. The van der Waals surface area contributed by atoms with Crippen LogP contribution in [0.4, 0.5) is 18.0 Å².